The molecule has 1 unspecified atom stereocenters. The Morgan fingerprint density at radius 3 is 2.32 bits per heavy atom. The summed E-state index contributed by atoms with van der Waals surface area (Å²) in [5.74, 6) is -0.430. The zero-order valence-electron chi connectivity index (χ0n) is 18.4. The van der Waals surface area contributed by atoms with Gasteiger partial charge in [-0.3, -0.25) is 4.79 Å². The molecule has 1 saturated heterocycles. The van der Waals surface area contributed by atoms with Gasteiger partial charge in [-0.25, -0.2) is 4.39 Å². The van der Waals surface area contributed by atoms with Crippen LogP contribution in [0.1, 0.15) is 35.8 Å². The molecule has 164 valence electrons. The van der Waals surface area contributed by atoms with Gasteiger partial charge in [0.05, 0.1) is 6.04 Å². The predicted octanol–water partition coefficient (Wildman–Crippen LogP) is 3.83. The van der Waals surface area contributed by atoms with Crippen molar-refractivity contribution in [3.63, 3.8) is 0 Å². The summed E-state index contributed by atoms with van der Waals surface area (Å²) in [6, 6.07) is 12.3. The van der Waals surface area contributed by atoms with E-state index in [2.05, 4.69) is 39.1 Å². The summed E-state index contributed by atoms with van der Waals surface area (Å²) >= 11 is 0. The molecule has 31 heavy (non-hydrogen) atoms. The lowest BCUT2D eigenvalue weighted by Crippen LogP contribution is -2.46. The van der Waals surface area contributed by atoms with Crippen LogP contribution in [0.25, 0.3) is 0 Å². The van der Waals surface area contributed by atoms with Gasteiger partial charge >= 0.3 is 0 Å². The van der Waals surface area contributed by atoms with Crippen molar-refractivity contribution in [2.75, 3.05) is 55.6 Å². The Labute approximate surface area is 184 Å². The molecule has 0 bridgehead atoms. The van der Waals surface area contributed by atoms with Crippen LogP contribution in [0.3, 0.4) is 0 Å². The zero-order chi connectivity index (χ0) is 21.8. The van der Waals surface area contributed by atoms with Gasteiger partial charge in [0.15, 0.2) is 0 Å². The second-order valence-electron chi connectivity index (χ2n) is 8.24. The molecule has 1 amide bonds. The number of rotatable bonds is 6. The van der Waals surface area contributed by atoms with Crippen LogP contribution < -0.4 is 15.1 Å². The van der Waals surface area contributed by atoms with Gasteiger partial charge in [-0.05, 0) is 55.9 Å². The smallest absolute Gasteiger partial charge is 0.251 e. The van der Waals surface area contributed by atoms with Crippen LogP contribution in [0, 0.1) is 5.82 Å². The zero-order valence-corrected chi connectivity index (χ0v) is 18.4. The lowest BCUT2D eigenvalue weighted by atomic mass is 10.0. The van der Waals surface area contributed by atoms with Gasteiger partial charge in [0.25, 0.3) is 5.91 Å². The highest BCUT2D eigenvalue weighted by Crippen LogP contribution is 2.29. The SMILES string of the molecule is CCN1CCN(c2ccc(F)cc2C(C)NC(=O)c2ccc(N3CC=CC3)cc2)CC1. The molecule has 2 heterocycles. The number of nitrogens with zero attached hydrogens (tertiary/aromatic N) is 3. The molecule has 2 aromatic carbocycles. The first-order chi connectivity index (χ1) is 15.0. The molecule has 4 rings (SSSR count). The van der Waals surface area contributed by atoms with E-state index >= 15 is 0 Å². The first-order valence-electron chi connectivity index (χ1n) is 11.1. The number of likely N-dealkylation sites (N-methyl/N-ethyl adjacent to an activating group) is 1. The van der Waals surface area contributed by atoms with Crippen LogP contribution in [0.4, 0.5) is 15.8 Å². The molecule has 5 nitrogen and oxygen atoms in total. The Balaban J connectivity index is 1.46. The first kappa shape index (κ1) is 21.4. The summed E-state index contributed by atoms with van der Waals surface area (Å²) in [5.41, 5.74) is 3.53. The third-order valence-corrected chi connectivity index (χ3v) is 6.28. The molecule has 2 aliphatic rings. The molecule has 0 aromatic heterocycles. The van der Waals surface area contributed by atoms with Gasteiger partial charge in [0.2, 0.25) is 0 Å². The average molecular weight is 423 g/mol. The highest BCUT2D eigenvalue weighted by Gasteiger charge is 2.22. The minimum atomic E-state index is -0.301. The lowest BCUT2D eigenvalue weighted by molar-refractivity contribution is 0.0940. The second-order valence-corrected chi connectivity index (χ2v) is 8.24. The third kappa shape index (κ3) is 4.90. The van der Waals surface area contributed by atoms with Crippen molar-refractivity contribution in [1.82, 2.24) is 10.2 Å². The van der Waals surface area contributed by atoms with Crippen molar-refractivity contribution in [3.8, 4) is 0 Å². The number of amides is 1. The normalized spacial score (nSPS) is 17.8. The average Bonchev–Trinajstić information content (AvgIpc) is 3.34. The van der Waals surface area contributed by atoms with Gasteiger partial charge in [0, 0.05) is 61.8 Å². The summed E-state index contributed by atoms with van der Waals surface area (Å²) in [6.07, 6.45) is 4.28. The number of nitrogens with one attached hydrogen (secondary N) is 1. The molecule has 1 N–H and O–H groups in total. The summed E-state index contributed by atoms with van der Waals surface area (Å²) in [7, 11) is 0. The molecule has 0 aliphatic carbocycles. The largest absolute Gasteiger partial charge is 0.369 e. The maximum Gasteiger partial charge on any atom is 0.251 e. The summed E-state index contributed by atoms with van der Waals surface area (Å²) in [4.78, 5) is 19.8. The van der Waals surface area contributed by atoms with Crippen molar-refractivity contribution < 1.29 is 9.18 Å². The minimum Gasteiger partial charge on any atom is -0.369 e. The molecule has 2 aliphatic heterocycles. The van der Waals surface area contributed by atoms with Crippen LogP contribution in [0.2, 0.25) is 0 Å². The monoisotopic (exact) mass is 422 g/mol. The molecule has 1 fully saturated rings. The van der Waals surface area contributed by atoms with E-state index in [0.29, 0.717) is 5.56 Å². The van der Waals surface area contributed by atoms with Crippen LogP contribution in [0.5, 0.6) is 0 Å². The van der Waals surface area contributed by atoms with E-state index in [0.717, 1.165) is 62.8 Å². The van der Waals surface area contributed by atoms with E-state index in [1.165, 1.54) is 6.07 Å². The number of hydrogen-bond acceptors (Lipinski definition) is 4. The fraction of sp³-hybridized carbons (Fsp3) is 0.400. The van der Waals surface area contributed by atoms with Crippen LogP contribution in [-0.2, 0) is 0 Å². The van der Waals surface area contributed by atoms with Crippen molar-refractivity contribution >= 4 is 17.3 Å². The molecular weight excluding hydrogens is 391 g/mol. The van der Waals surface area contributed by atoms with E-state index in [1.54, 1.807) is 6.07 Å². The van der Waals surface area contributed by atoms with Crippen molar-refractivity contribution in [1.29, 1.82) is 0 Å². The first-order valence-corrected chi connectivity index (χ1v) is 11.1. The highest BCUT2D eigenvalue weighted by molar-refractivity contribution is 5.95. The van der Waals surface area contributed by atoms with Crippen molar-refractivity contribution in [2.24, 2.45) is 0 Å². The Morgan fingerprint density at radius 2 is 1.68 bits per heavy atom. The second kappa shape index (κ2) is 9.52. The van der Waals surface area contributed by atoms with Gasteiger partial charge in [-0.15, -0.1) is 0 Å². The minimum absolute atomic E-state index is 0.149. The fourth-order valence-electron chi connectivity index (χ4n) is 4.34. The number of carbonyl (C=O) groups is 1. The highest BCUT2D eigenvalue weighted by atomic mass is 19.1. The van der Waals surface area contributed by atoms with E-state index in [4.69, 9.17) is 0 Å². The van der Waals surface area contributed by atoms with Gasteiger partial charge in [-0.2, -0.15) is 0 Å². The third-order valence-electron chi connectivity index (χ3n) is 6.28. The van der Waals surface area contributed by atoms with Gasteiger partial charge in [-0.1, -0.05) is 19.1 Å². The van der Waals surface area contributed by atoms with E-state index < -0.39 is 0 Å². The van der Waals surface area contributed by atoms with Crippen LogP contribution in [-0.4, -0.2) is 56.6 Å². The molecule has 0 radical (unpaired) electrons. The predicted molar refractivity (Wildman–Crippen MR) is 124 cm³/mol. The van der Waals surface area contributed by atoms with Gasteiger partial charge in [0.1, 0.15) is 5.82 Å². The topological polar surface area (TPSA) is 38.8 Å². The summed E-state index contributed by atoms with van der Waals surface area (Å²) in [5, 5.41) is 3.06. The summed E-state index contributed by atoms with van der Waals surface area (Å²) < 4.78 is 14.1. The van der Waals surface area contributed by atoms with Crippen LogP contribution in [0.15, 0.2) is 54.6 Å². The number of piperazine rings is 1. The molecule has 0 spiro atoms. The number of halogens is 1. The quantitative estimate of drug-likeness (QED) is 0.718. The summed E-state index contributed by atoms with van der Waals surface area (Å²) in [6.45, 7) is 10.7. The Morgan fingerprint density at radius 1 is 1.00 bits per heavy atom. The standard InChI is InChI=1S/C25H31FN4O/c1-3-28-14-16-30(17-15-28)24-11-8-21(26)18-23(24)19(2)27-25(31)20-6-9-22(10-7-20)29-12-4-5-13-29/h4-11,18-19H,3,12-17H2,1-2H3,(H,27,31). The molecule has 6 heteroatoms. The van der Waals surface area contributed by atoms with Crippen molar-refractivity contribution in [3.05, 3.63) is 71.6 Å². The number of hydrogen-bond donors (Lipinski definition) is 1. The van der Waals surface area contributed by atoms with E-state index in [-0.39, 0.29) is 17.8 Å². The number of anilines is 2. The molecule has 1 atom stereocenters. The fourth-order valence-corrected chi connectivity index (χ4v) is 4.34. The Bertz CT molecular complexity index is 927. The maximum absolute atomic E-state index is 14.1. The van der Waals surface area contributed by atoms with Crippen LogP contribution >= 0.6 is 0 Å². The van der Waals surface area contributed by atoms with E-state index in [1.807, 2.05) is 37.3 Å². The Hall–Kier alpha value is -2.86. The maximum atomic E-state index is 14.1. The Kier molecular flexibility index (Phi) is 6.56. The molecule has 2 aromatic rings. The van der Waals surface area contributed by atoms with Gasteiger partial charge < -0.3 is 20.0 Å². The lowest BCUT2D eigenvalue weighted by Gasteiger charge is -2.37. The van der Waals surface area contributed by atoms with E-state index in [9.17, 15) is 9.18 Å². The number of benzene rings is 2. The number of carbonyl (C=O) groups excluding carboxylic acids is 1. The van der Waals surface area contributed by atoms with Crippen molar-refractivity contribution in [2.45, 2.75) is 19.9 Å². The molecular formula is C25H31FN4O. The molecule has 0 saturated carbocycles.